The van der Waals surface area contributed by atoms with Crippen LogP contribution in [0.3, 0.4) is 0 Å². The van der Waals surface area contributed by atoms with Crippen LogP contribution in [-0.4, -0.2) is 29.2 Å². The van der Waals surface area contributed by atoms with Crippen LogP contribution in [0.1, 0.15) is 32.3 Å². The minimum atomic E-state index is -0.918. The lowest BCUT2D eigenvalue weighted by atomic mass is 10.1. The van der Waals surface area contributed by atoms with Gasteiger partial charge >= 0.3 is 0 Å². The van der Waals surface area contributed by atoms with Gasteiger partial charge < -0.3 is 14.5 Å². The fraction of sp³-hybridized carbons (Fsp3) is 0.692. The number of ether oxygens (including phenoxy) is 1. The number of furan rings is 1. The van der Waals surface area contributed by atoms with E-state index in [1.165, 1.54) is 0 Å². The molecule has 0 spiro atoms. The maximum absolute atomic E-state index is 11.7. The van der Waals surface area contributed by atoms with Crippen LogP contribution >= 0.6 is 0 Å². The molecule has 1 aromatic heterocycles. The zero-order chi connectivity index (χ0) is 13.6. The summed E-state index contributed by atoms with van der Waals surface area (Å²) >= 11 is 0. The maximum atomic E-state index is 11.7. The van der Waals surface area contributed by atoms with Crippen molar-refractivity contribution < 1.29 is 13.4 Å². The van der Waals surface area contributed by atoms with Crippen molar-refractivity contribution in [2.45, 2.75) is 38.6 Å². The van der Waals surface area contributed by atoms with E-state index in [0.29, 0.717) is 24.7 Å². The van der Waals surface area contributed by atoms with Crippen LogP contribution in [0.2, 0.25) is 0 Å². The highest BCUT2D eigenvalue weighted by Crippen LogP contribution is 2.11. The molecule has 0 bridgehead atoms. The molecule has 0 amide bonds. The Labute approximate surface area is 112 Å². The summed E-state index contributed by atoms with van der Waals surface area (Å²) in [5.41, 5.74) is 0.0637. The minimum absolute atomic E-state index is 0.0637. The molecule has 0 radical (unpaired) electrons. The van der Waals surface area contributed by atoms with Gasteiger partial charge in [-0.25, -0.2) is 0 Å². The molecule has 0 aliphatic carbocycles. The molecule has 18 heavy (non-hydrogen) atoms. The minimum Gasteiger partial charge on any atom is -0.464 e. The van der Waals surface area contributed by atoms with E-state index >= 15 is 0 Å². The Hall–Kier alpha value is -0.650. The Bertz CT molecular complexity index is 382. The first-order valence-corrected chi connectivity index (χ1v) is 7.56. The summed E-state index contributed by atoms with van der Waals surface area (Å²) < 4.78 is 22.2. The smallest absolute Gasteiger partial charge is 0.118 e. The number of hydrogen-bond acceptors (Lipinski definition) is 4. The monoisotopic (exact) mass is 273 g/mol. The van der Waals surface area contributed by atoms with Gasteiger partial charge in [-0.2, -0.15) is 0 Å². The van der Waals surface area contributed by atoms with Gasteiger partial charge in [-0.1, -0.05) is 0 Å². The number of methoxy groups -OCH3 is 1. The Kier molecular flexibility index (Phi) is 6.05. The molecule has 0 saturated carbocycles. The molecule has 0 saturated heterocycles. The van der Waals surface area contributed by atoms with Crippen LogP contribution in [0.15, 0.2) is 16.5 Å². The zero-order valence-corrected chi connectivity index (χ0v) is 12.4. The third-order valence-electron chi connectivity index (χ3n) is 2.33. The van der Waals surface area contributed by atoms with Crippen LogP contribution in [0.5, 0.6) is 0 Å². The van der Waals surface area contributed by atoms with Crippen molar-refractivity contribution in [3.8, 4) is 0 Å². The second-order valence-corrected chi connectivity index (χ2v) is 6.83. The summed E-state index contributed by atoms with van der Waals surface area (Å²) in [4.78, 5) is 0. The molecule has 1 unspecified atom stereocenters. The highest BCUT2D eigenvalue weighted by molar-refractivity contribution is 7.84. The van der Waals surface area contributed by atoms with Crippen LogP contribution in [0.25, 0.3) is 0 Å². The molecule has 1 heterocycles. The summed E-state index contributed by atoms with van der Waals surface area (Å²) in [6, 6.07) is 3.83. The largest absolute Gasteiger partial charge is 0.464 e. The molecular weight excluding hydrogens is 250 g/mol. The number of rotatable bonds is 7. The molecule has 1 rings (SSSR count). The molecule has 104 valence electrons. The van der Waals surface area contributed by atoms with Crippen LogP contribution in [0, 0.1) is 0 Å². The van der Waals surface area contributed by atoms with E-state index < -0.39 is 10.8 Å². The molecule has 0 aliphatic heterocycles. The molecule has 1 aromatic rings. The van der Waals surface area contributed by atoms with Gasteiger partial charge in [0.15, 0.2) is 0 Å². The lowest BCUT2D eigenvalue weighted by molar-refractivity contribution is 0.218. The van der Waals surface area contributed by atoms with Crippen LogP contribution in [-0.2, 0) is 27.8 Å². The van der Waals surface area contributed by atoms with Crippen molar-refractivity contribution in [3.63, 3.8) is 0 Å². The third kappa shape index (κ3) is 6.33. The topological polar surface area (TPSA) is 51.5 Å². The van der Waals surface area contributed by atoms with Gasteiger partial charge in [-0.3, -0.25) is 4.21 Å². The molecule has 5 heteroatoms. The normalized spacial score (nSPS) is 13.8. The highest BCUT2D eigenvalue weighted by Gasteiger charge is 2.11. The summed E-state index contributed by atoms with van der Waals surface area (Å²) in [5.74, 6) is 2.66. The molecular formula is C13H23NO3S. The van der Waals surface area contributed by atoms with Crippen LogP contribution in [0.4, 0.5) is 0 Å². The van der Waals surface area contributed by atoms with Crippen molar-refractivity contribution in [1.29, 1.82) is 0 Å². The SMILES string of the molecule is COCCS(=O)Cc1ccc(CNC(C)(C)C)o1. The van der Waals surface area contributed by atoms with Gasteiger partial charge in [0.2, 0.25) is 0 Å². The Morgan fingerprint density at radius 2 is 2.00 bits per heavy atom. The molecule has 1 atom stereocenters. The molecule has 0 aromatic carbocycles. The zero-order valence-electron chi connectivity index (χ0n) is 11.6. The van der Waals surface area contributed by atoms with E-state index in [2.05, 4.69) is 26.1 Å². The van der Waals surface area contributed by atoms with Gasteiger partial charge in [0.1, 0.15) is 11.5 Å². The second-order valence-electron chi connectivity index (χ2n) is 5.25. The van der Waals surface area contributed by atoms with Crippen LogP contribution < -0.4 is 5.32 Å². The highest BCUT2D eigenvalue weighted by atomic mass is 32.2. The standard InChI is InChI=1S/C13H23NO3S/c1-13(2,3)14-9-11-5-6-12(17-11)10-18(15)8-7-16-4/h5-6,14H,7-10H2,1-4H3. The number of nitrogens with one attached hydrogen (secondary N) is 1. The average molecular weight is 273 g/mol. The van der Waals surface area contributed by atoms with E-state index in [1.807, 2.05) is 12.1 Å². The van der Waals surface area contributed by atoms with Gasteiger partial charge in [-0.05, 0) is 32.9 Å². The van der Waals surface area contributed by atoms with Crippen molar-refractivity contribution >= 4 is 10.8 Å². The number of hydrogen-bond donors (Lipinski definition) is 1. The van der Waals surface area contributed by atoms with E-state index in [0.717, 1.165) is 11.5 Å². The lowest BCUT2D eigenvalue weighted by Crippen LogP contribution is -2.34. The van der Waals surface area contributed by atoms with Gasteiger partial charge in [0, 0.05) is 29.2 Å². The summed E-state index contributed by atoms with van der Waals surface area (Å²) in [5, 5.41) is 3.35. The fourth-order valence-electron chi connectivity index (χ4n) is 1.35. The van der Waals surface area contributed by atoms with Crippen molar-refractivity contribution in [1.82, 2.24) is 5.32 Å². The summed E-state index contributed by atoms with van der Waals surface area (Å²) in [6.07, 6.45) is 0. The van der Waals surface area contributed by atoms with Crippen molar-refractivity contribution in [3.05, 3.63) is 23.7 Å². The van der Waals surface area contributed by atoms with E-state index in [1.54, 1.807) is 7.11 Å². The van der Waals surface area contributed by atoms with Gasteiger partial charge in [0.05, 0.1) is 18.9 Å². The van der Waals surface area contributed by atoms with Crippen molar-refractivity contribution in [2.75, 3.05) is 19.5 Å². The molecule has 0 fully saturated rings. The quantitative estimate of drug-likeness (QED) is 0.826. The Balaban J connectivity index is 2.41. The summed E-state index contributed by atoms with van der Waals surface area (Å²) in [7, 11) is 0.694. The molecule has 4 nitrogen and oxygen atoms in total. The van der Waals surface area contributed by atoms with E-state index in [9.17, 15) is 4.21 Å². The molecule has 1 N–H and O–H groups in total. The Morgan fingerprint density at radius 3 is 2.61 bits per heavy atom. The molecule has 0 aliphatic rings. The Morgan fingerprint density at radius 1 is 1.33 bits per heavy atom. The van der Waals surface area contributed by atoms with Crippen molar-refractivity contribution in [2.24, 2.45) is 0 Å². The first kappa shape index (κ1) is 15.4. The lowest BCUT2D eigenvalue weighted by Gasteiger charge is -2.19. The predicted octanol–water partition coefficient (Wildman–Crippen LogP) is 2.06. The van der Waals surface area contributed by atoms with E-state index in [4.69, 9.17) is 9.15 Å². The van der Waals surface area contributed by atoms with Gasteiger partial charge in [0.25, 0.3) is 0 Å². The summed E-state index contributed by atoms with van der Waals surface area (Å²) in [6.45, 7) is 7.53. The first-order valence-electron chi connectivity index (χ1n) is 6.07. The average Bonchev–Trinajstić information content (AvgIpc) is 2.70. The van der Waals surface area contributed by atoms with Gasteiger partial charge in [-0.15, -0.1) is 0 Å². The second kappa shape index (κ2) is 7.07. The maximum Gasteiger partial charge on any atom is 0.118 e. The predicted molar refractivity (Wildman–Crippen MR) is 73.9 cm³/mol. The first-order chi connectivity index (χ1) is 8.40. The third-order valence-corrected chi connectivity index (χ3v) is 3.56. The van der Waals surface area contributed by atoms with E-state index in [-0.39, 0.29) is 5.54 Å². The fourth-order valence-corrected chi connectivity index (χ4v) is 2.32.